The van der Waals surface area contributed by atoms with Crippen molar-refractivity contribution in [3.63, 3.8) is 0 Å². The number of hydrogen-bond acceptors (Lipinski definition) is 4. The number of carbonyl (C=O) groups excluding carboxylic acids is 1. The van der Waals surface area contributed by atoms with Crippen LogP contribution < -0.4 is 10.2 Å². The van der Waals surface area contributed by atoms with Crippen molar-refractivity contribution in [3.05, 3.63) is 61.7 Å². The predicted octanol–water partition coefficient (Wildman–Crippen LogP) is 4.69. The molecule has 1 aliphatic rings. The Labute approximate surface area is 165 Å². The molecule has 0 radical (unpaired) electrons. The van der Waals surface area contributed by atoms with Crippen molar-refractivity contribution in [1.29, 1.82) is 0 Å². The zero-order valence-corrected chi connectivity index (χ0v) is 16.6. The molecule has 7 heteroatoms. The Kier molecular flexibility index (Phi) is 5.75. The maximum absolute atomic E-state index is 12.5. The van der Waals surface area contributed by atoms with Crippen LogP contribution in [0.25, 0.3) is 0 Å². The van der Waals surface area contributed by atoms with Crippen LogP contribution in [0.4, 0.5) is 17.1 Å². The summed E-state index contributed by atoms with van der Waals surface area (Å²) in [6.07, 6.45) is 2.04. The Morgan fingerprint density at radius 3 is 2.58 bits per heavy atom. The average molecular weight is 465 g/mol. The molecule has 26 heavy (non-hydrogen) atoms. The lowest BCUT2D eigenvalue weighted by atomic mass is 9.98. The molecule has 1 N–H and O–H groups in total. The highest BCUT2D eigenvalue weighted by Crippen LogP contribution is 2.32. The van der Waals surface area contributed by atoms with E-state index in [0.29, 0.717) is 17.3 Å². The van der Waals surface area contributed by atoms with Crippen molar-refractivity contribution in [3.8, 4) is 0 Å². The molecule has 1 amide bonds. The maximum Gasteiger partial charge on any atom is 0.293 e. The molecule has 0 atom stereocenters. The van der Waals surface area contributed by atoms with Gasteiger partial charge in [0.15, 0.2) is 0 Å². The molecule has 1 heterocycles. The third-order valence-corrected chi connectivity index (χ3v) is 5.62. The van der Waals surface area contributed by atoms with E-state index in [2.05, 4.69) is 34.8 Å². The summed E-state index contributed by atoms with van der Waals surface area (Å²) < 4.78 is 0.909. The van der Waals surface area contributed by atoms with E-state index in [-0.39, 0.29) is 17.2 Å². The summed E-state index contributed by atoms with van der Waals surface area (Å²) in [6, 6.07) is 12.1. The first-order valence-electron chi connectivity index (χ1n) is 8.55. The summed E-state index contributed by atoms with van der Waals surface area (Å²) in [7, 11) is 0. The molecule has 136 valence electrons. The van der Waals surface area contributed by atoms with E-state index in [0.717, 1.165) is 29.5 Å². The number of hydrogen-bond donors (Lipinski definition) is 1. The highest BCUT2D eigenvalue weighted by Gasteiger charge is 2.24. The molecule has 0 saturated carbocycles. The standard InChI is InChI=1S/C19H20IN3O3/c1-13-8-10-22(11-9-13)17-7-6-14(12-18(17)23(25)26)19(24)21-16-5-3-2-4-15(16)20/h2-7,12-13H,8-11H2,1H3,(H,21,24). The van der Waals surface area contributed by atoms with Crippen molar-refractivity contribution in [1.82, 2.24) is 0 Å². The van der Waals surface area contributed by atoms with Gasteiger partial charge in [-0.3, -0.25) is 14.9 Å². The number of nitrogens with zero attached hydrogens (tertiary/aromatic N) is 2. The molecular weight excluding hydrogens is 445 g/mol. The first kappa shape index (κ1) is 18.6. The second-order valence-corrected chi connectivity index (χ2v) is 7.73. The van der Waals surface area contributed by atoms with Gasteiger partial charge in [-0.2, -0.15) is 0 Å². The second kappa shape index (κ2) is 8.03. The summed E-state index contributed by atoms with van der Waals surface area (Å²) in [6.45, 7) is 3.80. The third kappa shape index (κ3) is 4.14. The highest BCUT2D eigenvalue weighted by molar-refractivity contribution is 14.1. The van der Waals surface area contributed by atoms with Crippen molar-refractivity contribution in [2.75, 3.05) is 23.3 Å². The minimum Gasteiger partial charge on any atom is -0.366 e. The molecule has 1 saturated heterocycles. The molecule has 1 fully saturated rings. The van der Waals surface area contributed by atoms with Gasteiger partial charge in [-0.25, -0.2) is 0 Å². The van der Waals surface area contributed by atoms with Crippen LogP contribution in [0.5, 0.6) is 0 Å². The highest BCUT2D eigenvalue weighted by atomic mass is 127. The molecule has 6 nitrogen and oxygen atoms in total. The van der Waals surface area contributed by atoms with Crippen LogP contribution in [0.1, 0.15) is 30.1 Å². The van der Waals surface area contributed by atoms with Crippen molar-refractivity contribution >= 4 is 45.6 Å². The van der Waals surface area contributed by atoms with Gasteiger partial charge in [0.25, 0.3) is 11.6 Å². The second-order valence-electron chi connectivity index (χ2n) is 6.56. The van der Waals surface area contributed by atoms with Gasteiger partial charge in [0.05, 0.1) is 10.6 Å². The first-order chi connectivity index (χ1) is 12.5. The first-order valence-corrected chi connectivity index (χ1v) is 9.63. The Balaban J connectivity index is 1.85. The van der Waals surface area contributed by atoms with E-state index in [1.165, 1.54) is 6.07 Å². The van der Waals surface area contributed by atoms with Crippen LogP contribution in [-0.4, -0.2) is 23.9 Å². The molecule has 0 bridgehead atoms. The number of halogens is 1. The fourth-order valence-corrected chi connectivity index (χ4v) is 3.61. The van der Waals surface area contributed by atoms with Crippen molar-refractivity contribution in [2.45, 2.75) is 19.8 Å². The third-order valence-electron chi connectivity index (χ3n) is 4.68. The number of benzene rings is 2. The molecular formula is C19H20IN3O3. The minimum absolute atomic E-state index is 0.0186. The lowest BCUT2D eigenvalue weighted by Gasteiger charge is -2.31. The van der Waals surface area contributed by atoms with E-state index in [4.69, 9.17) is 0 Å². The van der Waals surface area contributed by atoms with Crippen molar-refractivity contribution in [2.24, 2.45) is 5.92 Å². The normalized spacial score (nSPS) is 14.9. The van der Waals surface area contributed by atoms with Crippen LogP contribution in [0.3, 0.4) is 0 Å². The van der Waals surface area contributed by atoms with Crippen LogP contribution in [-0.2, 0) is 0 Å². The van der Waals surface area contributed by atoms with Crippen LogP contribution in [0, 0.1) is 19.6 Å². The topological polar surface area (TPSA) is 75.5 Å². The lowest BCUT2D eigenvalue weighted by molar-refractivity contribution is -0.384. The molecule has 2 aromatic carbocycles. The zero-order valence-electron chi connectivity index (χ0n) is 14.4. The quantitative estimate of drug-likeness (QED) is 0.404. The zero-order chi connectivity index (χ0) is 18.7. The van der Waals surface area contributed by atoms with Gasteiger partial charge in [0.2, 0.25) is 0 Å². The van der Waals surface area contributed by atoms with Gasteiger partial charge in [0.1, 0.15) is 5.69 Å². The molecule has 0 aromatic heterocycles. The van der Waals surface area contributed by atoms with E-state index < -0.39 is 4.92 Å². The summed E-state index contributed by atoms with van der Waals surface area (Å²) in [5.41, 5.74) is 1.54. The van der Waals surface area contributed by atoms with Crippen LogP contribution in [0.15, 0.2) is 42.5 Å². The molecule has 3 rings (SSSR count). The van der Waals surface area contributed by atoms with E-state index >= 15 is 0 Å². The Bertz CT molecular complexity index is 833. The number of nitrogens with one attached hydrogen (secondary N) is 1. The average Bonchev–Trinajstić information content (AvgIpc) is 2.63. The lowest BCUT2D eigenvalue weighted by Crippen LogP contribution is -2.33. The van der Waals surface area contributed by atoms with E-state index in [1.54, 1.807) is 18.2 Å². The molecule has 0 aliphatic carbocycles. The largest absolute Gasteiger partial charge is 0.366 e. The summed E-state index contributed by atoms with van der Waals surface area (Å²) in [4.78, 5) is 25.7. The molecule has 1 aliphatic heterocycles. The Hall–Kier alpha value is -2.16. The van der Waals surface area contributed by atoms with Crippen molar-refractivity contribution < 1.29 is 9.72 Å². The SMILES string of the molecule is CC1CCN(c2ccc(C(=O)Nc3ccccc3I)cc2[N+](=O)[O-])CC1. The van der Waals surface area contributed by atoms with Gasteiger partial charge in [-0.05, 0) is 65.6 Å². The van der Waals surface area contributed by atoms with Gasteiger partial charge < -0.3 is 10.2 Å². The number of rotatable bonds is 4. The Morgan fingerprint density at radius 1 is 1.23 bits per heavy atom. The van der Waals surface area contributed by atoms with E-state index in [1.807, 2.05) is 23.1 Å². The summed E-state index contributed by atoms with van der Waals surface area (Å²) in [5, 5.41) is 14.4. The van der Waals surface area contributed by atoms with Gasteiger partial charge >= 0.3 is 0 Å². The fraction of sp³-hybridized carbons (Fsp3) is 0.316. The van der Waals surface area contributed by atoms with Crippen LogP contribution in [0.2, 0.25) is 0 Å². The number of para-hydroxylation sites is 1. The number of carbonyl (C=O) groups is 1. The maximum atomic E-state index is 12.5. The predicted molar refractivity (Wildman–Crippen MR) is 111 cm³/mol. The number of amides is 1. The monoisotopic (exact) mass is 465 g/mol. The molecule has 2 aromatic rings. The van der Waals surface area contributed by atoms with Gasteiger partial charge in [0, 0.05) is 28.3 Å². The van der Waals surface area contributed by atoms with Gasteiger partial charge in [-0.1, -0.05) is 19.1 Å². The number of nitro benzene ring substituents is 1. The fourth-order valence-electron chi connectivity index (χ4n) is 3.08. The number of nitro groups is 1. The minimum atomic E-state index is -0.406. The van der Waals surface area contributed by atoms with Crippen LogP contribution >= 0.6 is 22.6 Å². The van der Waals surface area contributed by atoms with E-state index in [9.17, 15) is 14.9 Å². The Morgan fingerprint density at radius 2 is 1.92 bits per heavy atom. The summed E-state index contributed by atoms with van der Waals surface area (Å²) in [5.74, 6) is 0.291. The molecule has 0 unspecified atom stereocenters. The number of anilines is 2. The smallest absolute Gasteiger partial charge is 0.293 e. The molecule has 0 spiro atoms. The van der Waals surface area contributed by atoms with Gasteiger partial charge in [-0.15, -0.1) is 0 Å². The number of piperidine rings is 1. The summed E-state index contributed by atoms with van der Waals surface area (Å²) >= 11 is 2.14.